The lowest BCUT2D eigenvalue weighted by molar-refractivity contribution is 0.0695. The number of carbonyl (C=O) groups is 1. The monoisotopic (exact) mass is 192 g/mol. The summed E-state index contributed by atoms with van der Waals surface area (Å²) in [6.45, 7) is 4.12. The van der Waals surface area contributed by atoms with Crippen molar-refractivity contribution in [3.05, 3.63) is 34.9 Å². The van der Waals surface area contributed by atoms with Gasteiger partial charge in [0.05, 0.1) is 5.56 Å². The first kappa shape index (κ1) is 10.8. The fourth-order valence-corrected chi connectivity index (χ4v) is 1.71. The topological polar surface area (TPSA) is 37.3 Å². The van der Waals surface area contributed by atoms with Gasteiger partial charge in [0, 0.05) is 0 Å². The van der Waals surface area contributed by atoms with Gasteiger partial charge in [-0.25, -0.2) is 4.79 Å². The summed E-state index contributed by atoms with van der Waals surface area (Å²) >= 11 is 0. The summed E-state index contributed by atoms with van der Waals surface area (Å²) in [6.07, 6.45) is 2.74. The van der Waals surface area contributed by atoms with E-state index >= 15 is 0 Å². The van der Waals surface area contributed by atoms with Crippen molar-refractivity contribution in [1.82, 2.24) is 0 Å². The van der Waals surface area contributed by atoms with Crippen LogP contribution in [0.3, 0.4) is 0 Å². The van der Waals surface area contributed by atoms with Crippen LogP contribution in [0.4, 0.5) is 0 Å². The number of aromatic carboxylic acids is 1. The second-order valence-corrected chi connectivity index (χ2v) is 3.35. The largest absolute Gasteiger partial charge is 0.478 e. The summed E-state index contributed by atoms with van der Waals surface area (Å²) in [5.41, 5.74) is 2.63. The molecule has 0 bridgehead atoms. The average molecular weight is 192 g/mol. The van der Waals surface area contributed by atoms with Gasteiger partial charge in [-0.2, -0.15) is 0 Å². The van der Waals surface area contributed by atoms with E-state index in [9.17, 15) is 4.79 Å². The van der Waals surface area contributed by atoms with Crippen LogP contribution < -0.4 is 0 Å². The first-order chi connectivity index (χ1) is 6.70. The van der Waals surface area contributed by atoms with Crippen LogP contribution in [0, 0.1) is 0 Å². The molecule has 0 amide bonds. The first-order valence-electron chi connectivity index (χ1n) is 5.04. The van der Waals surface area contributed by atoms with Gasteiger partial charge in [-0.15, -0.1) is 0 Å². The van der Waals surface area contributed by atoms with E-state index in [0.717, 1.165) is 30.4 Å². The molecule has 0 unspecified atom stereocenters. The molecule has 1 N–H and O–H groups in total. The Morgan fingerprint density at radius 2 is 2.07 bits per heavy atom. The average Bonchev–Trinajstić information content (AvgIpc) is 2.18. The van der Waals surface area contributed by atoms with E-state index in [1.807, 2.05) is 12.1 Å². The van der Waals surface area contributed by atoms with Crippen LogP contribution in [-0.2, 0) is 12.8 Å². The van der Waals surface area contributed by atoms with Crippen LogP contribution in [0.25, 0.3) is 0 Å². The van der Waals surface area contributed by atoms with Crippen molar-refractivity contribution in [3.63, 3.8) is 0 Å². The lowest BCUT2D eigenvalue weighted by atomic mass is 9.96. The summed E-state index contributed by atoms with van der Waals surface area (Å²) in [7, 11) is 0. The number of hydrogen-bond donors (Lipinski definition) is 1. The minimum Gasteiger partial charge on any atom is -0.478 e. The SMILES string of the molecule is CCCc1c(CC)cccc1C(=O)O. The summed E-state index contributed by atoms with van der Waals surface area (Å²) in [6, 6.07) is 5.52. The van der Waals surface area contributed by atoms with E-state index in [2.05, 4.69) is 13.8 Å². The van der Waals surface area contributed by atoms with Crippen molar-refractivity contribution in [3.8, 4) is 0 Å². The van der Waals surface area contributed by atoms with Gasteiger partial charge in [-0.3, -0.25) is 0 Å². The Kier molecular flexibility index (Phi) is 3.69. The molecule has 1 aromatic rings. The van der Waals surface area contributed by atoms with Gasteiger partial charge in [0.2, 0.25) is 0 Å². The molecule has 0 atom stereocenters. The highest BCUT2D eigenvalue weighted by molar-refractivity contribution is 5.89. The van der Waals surface area contributed by atoms with Crippen LogP contribution in [-0.4, -0.2) is 11.1 Å². The molecule has 76 valence electrons. The second kappa shape index (κ2) is 4.80. The van der Waals surface area contributed by atoms with Crippen LogP contribution in [0.2, 0.25) is 0 Å². The van der Waals surface area contributed by atoms with Gasteiger partial charge in [0.15, 0.2) is 0 Å². The third-order valence-corrected chi connectivity index (χ3v) is 2.38. The molecular weight excluding hydrogens is 176 g/mol. The number of carboxylic acid groups (broad SMARTS) is 1. The van der Waals surface area contributed by atoms with E-state index in [1.165, 1.54) is 0 Å². The van der Waals surface area contributed by atoms with Gasteiger partial charge in [0.25, 0.3) is 0 Å². The third kappa shape index (κ3) is 2.13. The molecule has 0 aliphatic carbocycles. The quantitative estimate of drug-likeness (QED) is 0.796. The number of carboxylic acids is 1. The highest BCUT2D eigenvalue weighted by atomic mass is 16.4. The molecule has 0 radical (unpaired) electrons. The number of hydrogen-bond acceptors (Lipinski definition) is 1. The van der Waals surface area contributed by atoms with E-state index in [1.54, 1.807) is 6.07 Å². The number of aryl methyl sites for hydroxylation is 1. The summed E-state index contributed by atoms with van der Waals surface area (Å²) in [5.74, 6) is -0.816. The lowest BCUT2D eigenvalue weighted by Gasteiger charge is -2.09. The molecule has 0 saturated heterocycles. The lowest BCUT2D eigenvalue weighted by Crippen LogP contribution is -2.05. The molecule has 0 saturated carbocycles. The Balaban J connectivity index is 3.20. The maximum atomic E-state index is 11.0. The second-order valence-electron chi connectivity index (χ2n) is 3.35. The van der Waals surface area contributed by atoms with Crippen molar-refractivity contribution < 1.29 is 9.90 Å². The maximum Gasteiger partial charge on any atom is 0.335 e. The Hall–Kier alpha value is -1.31. The normalized spacial score (nSPS) is 10.1. The third-order valence-electron chi connectivity index (χ3n) is 2.38. The van der Waals surface area contributed by atoms with Crippen LogP contribution in [0.15, 0.2) is 18.2 Å². The Labute approximate surface area is 84.6 Å². The van der Waals surface area contributed by atoms with Gasteiger partial charge >= 0.3 is 5.97 Å². The zero-order valence-electron chi connectivity index (χ0n) is 8.71. The van der Waals surface area contributed by atoms with Crippen molar-refractivity contribution in [2.24, 2.45) is 0 Å². The molecule has 0 aliphatic heterocycles. The molecule has 0 aliphatic rings. The van der Waals surface area contributed by atoms with Gasteiger partial charge in [-0.05, 0) is 30.0 Å². The van der Waals surface area contributed by atoms with Gasteiger partial charge < -0.3 is 5.11 Å². The zero-order valence-corrected chi connectivity index (χ0v) is 8.71. The molecule has 2 nitrogen and oxygen atoms in total. The van der Waals surface area contributed by atoms with E-state index in [-0.39, 0.29) is 0 Å². The maximum absolute atomic E-state index is 11.0. The first-order valence-corrected chi connectivity index (χ1v) is 5.04. The zero-order chi connectivity index (χ0) is 10.6. The highest BCUT2D eigenvalue weighted by Crippen LogP contribution is 2.17. The van der Waals surface area contributed by atoms with Crippen molar-refractivity contribution >= 4 is 5.97 Å². The van der Waals surface area contributed by atoms with Crippen molar-refractivity contribution in [1.29, 1.82) is 0 Å². The summed E-state index contributed by atoms with van der Waals surface area (Å²) in [4.78, 5) is 11.0. The highest BCUT2D eigenvalue weighted by Gasteiger charge is 2.11. The number of benzene rings is 1. The molecule has 1 rings (SSSR count). The van der Waals surface area contributed by atoms with Crippen molar-refractivity contribution in [2.45, 2.75) is 33.1 Å². The minimum atomic E-state index is -0.816. The molecule has 0 fully saturated rings. The minimum absolute atomic E-state index is 0.464. The van der Waals surface area contributed by atoms with Crippen LogP contribution in [0.5, 0.6) is 0 Å². The molecule has 1 aromatic carbocycles. The molecule has 0 spiro atoms. The molecule has 0 heterocycles. The predicted molar refractivity (Wildman–Crippen MR) is 56.8 cm³/mol. The summed E-state index contributed by atoms with van der Waals surface area (Å²) in [5, 5.41) is 9.01. The predicted octanol–water partition coefficient (Wildman–Crippen LogP) is 2.90. The number of rotatable bonds is 4. The van der Waals surface area contributed by atoms with Crippen molar-refractivity contribution in [2.75, 3.05) is 0 Å². The van der Waals surface area contributed by atoms with Gasteiger partial charge in [-0.1, -0.05) is 32.4 Å². The molecule has 2 heteroatoms. The Bertz CT molecular complexity index is 329. The molecule has 0 aromatic heterocycles. The van der Waals surface area contributed by atoms with E-state index < -0.39 is 5.97 Å². The molecular formula is C12H16O2. The fourth-order valence-electron chi connectivity index (χ4n) is 1.71. The van der Waals surface area contributed by atoms with E-state index in [4.69, 9.17) is 5.11 Å². The van der Waals surface area contributed by atoms with E-state index in [0.29, 0.717) is 5.56 Å². The van der Waals surface area contributed by atoms with Gasteiger partial charge in [0.1, 0.15) is 0 Å². The fraction of sp³-hybridized carbons (Fsp3) is 0.417. The Morgan fingerprint density at radius 3 is 2.57 bits per heavy atom. The summed E-state index contributed by atoms with van der Waals surface area (Å²) < 4.78 is 0. The van der Waals surface area contributed by atoms with Crippen LogP contribution in [0.1, 0.15) is 41.8 Å². The Morgan fingerprint density at radius 1 is 1.36 bits per heavy atom. The standard InChI is InChI=1S/C12H16O2/c1-3-6-10-9(4-2)7-5-8-11(10)12(13)14/h5,7-8H,3-4,6H2,1-2H3,(H,13,14). The molecule has 14 heavy (non-hydrogen) atoms. The smallest absolute Gasteiger partial charge is 0.335 e. The van der Waals surface area contributed by atoms with Crippen LogP contribution >= 0.6 is 0 Å².